The van der Waals surface area contributed by atoms with E-state index >= 15 is 0 Å². The third kappa shape index (κ3) is 2.74. The minimum atomic E-state index is -0.532. The normalized spacial score (nSPS) is 10.5. The van der Waals surface area contributed by atoms with Crippen LogP contribution in [0.5, 0.6) is 0 Å². The van der Waals surface area contributed by atoms with E-state index in [1.807, 2.05) is 61.5 Å². The van der Waals surface area contributed by atoms with Crippen molar-refractivity contribution >= 4 is 27.9 Å². The molecule has 0 aliphatic carbocycles. The first-order valence-corrected chi connectivity index (χ1v) is 7.35. The van der Waals surface area contributed by atoms with Crippen molar-refractivity contribution in [1.29, 1.82) is 0 Å². The minimum Gasteiger partial charge on any atom is -0.281 e. The fourth-order valence-corrected chi connectivity index (χ4v) is 2.64. The Labute approximate surface area is 135 Å². The lowest BCUT2D eigenvalue weighted by Crippen LogP contribution is -2.28. The quantitative estimate of drug-likeness (QED) is 0.437. The first-order valence-electron chi connectivity index (χ1n) is 7.35. The summed E-state index contributed by atoms with van der Waals surface area (Å²) in [7, 11) is 0. The van der Waals surface area contributed by atoms with Crippen LogP contribution in [0.25, 0.3) is 16.3 Å². The molecule has 3 aromatic carbocycles. The van der Waals surface area contributed by atoms with Gasteiger partial charge in [0.05, 0.1) is 5.69 Å². The number of aryl methyl sites for hydroxylation is 1. The van der Waals surface area contributed by atoms with Crippen molar-refractivity contribution in [2.45, 2.75) is 6.92 Å². The largest absolute Gasteiger partial charge is 0.282 e. The fourth-order valence-electron chi connectivity index (χ4n) is 2.64. The van der Waals surface area contributed by atoms with E-state index < -0.39 is 5.91 Å². The van der Waals surface area contributed by atoms with E-state index in [1.165, 1.54) is 0 Å². The number of anilines is 1. The summed E-state index contributed by atoms with van der Waals surface area (Å²) in [5.74, 6) is -0.532. The standard InChI is InChI=1S/C20H17NO2/c1-14-8-3-6-13-19(14)21(23)20(22)15(2)17-12-7-10-16-9-4-5-11-18(16)17/h3-13,23H,2H2,1H3. The van der Waals surface area contributed by atoms with Gasteiger partial charge in [0.25, 0.3) is 5.91 Å². The molecule has 0 aliphatic heterocycles. The van der Waals surface area contributed by atoms with Crippen molar-refractivity contribution < 1.29 is 10.0 Å². The summed E-state index contributed by atoms with van der Waals surface area (Å²) < 4.78 is 0. The third-order valence-corrected chi connectivity index (χ3v) is 3.91. The molecule has 3 nitrogen and oxygen atoms in total. The van der Waals surface area contributed by atoms with Crippen LogP contribution in [0.1, 0.15) is 11.1 Å². The van der Waals surface area contributed by atoms with Crippen molar-refractivity contribution in [3.8, 4) is 0 Å². The Balaban J connectivity index is 1.99. The molecule has 114 valence electrons. The maximum atomic E-state index is 12.6. The monoisotopic (exact) mass is 303 g/mol. The number of hydroxylamine groups is 1. The molecule has 3 aromatic rings. The van der Waals surface area contributed by atoms with Crippen molar-refractivity contribution in [3.05, 3.63) is 84.4 Å². The second kappa shape index (κ2) is 6.07. The van der Waals surface area contributed by atoms with Gasteiger partial charge in [-0.2, -0.15) is 5.06 Å². The number of para-hydroxylation sites is 1. The molecule has 1 amide bonds. The van der Waals surface area contributed by atoms with Gasteiger partial charge in [-0.15, -0.1) is 0 Å². The van der Waals surface area contributed by atoms with E-state index in [-0.39, 0.29) is 5.57 Å². The number of carbonyl (C=O) groups excluding carboxylic acids is 1. The third-order valence-electron chi connectivity index (χ3n) is 3.91. The molecule has 0 atom stereocenters. The van der Waals surface area contributed by atoms with E-state index in [1.54, 1.807) is 12.1 Å². The lowest BCUT2D eigenvalue weighted by atomic mass is 9.98. The molecular formula is C20H17NO2. The van der Waals surface area contributed by atoms with E-state index in [4.69, 9.17) is 0 Å². The highest BCUT2D eigenvalue weighted by atomic mass is 16.5. The van der Waals surface area contributed by atoms with Crippen molar-refractivity contribution in [2.24, 2.45) is 0 Å². The van der Waals surface area contributed by atoms with Gasteiger partial charge in [-0.25, -0.2) is 0 Å². The van der Waals surface area contributed by atoms with E-state index in [9.17, 15) is 10.0 Å². The molecule has 0 saturated carbocycles. The second-order valence-electron chi connectivity index (χ2n) is 5.41. The van der Waals surface area contributed by atoms with Crippen LogP contribution in [0.4, 0.5) is 5.69 Å². The summed E-state index contributed by atoms with van der Waals surface area (Å²) >= 11 is 0. The van der Waals surface area contributed by atoms with Gasteiger partial charge in [0.2, 0.25) is 0 Å². The van der Waals surface area contributed by atoms with E-state index in [0.717, 1.165) is 21.9 Å². The number of hydrogen-bond acceptors (Lipinski definition) is 2. The summed E-state index contributed by atoms with van der Waals surface area (Å²) in [5, 5.41) is 12.9. The number of amides is 1. The molecule has 1 N–H and O–H groups in total. The molecule has 0 spiro atoms. The van der Waals surface area contributed by atoms with Gasteiger partial charge in [-0.05, 0) is 34.9 Å². The van der Waals surface area contributed by atoms with Gasteiger partial charge in [-0.1, -0.05) is 67.2 Å². The average molecular weight is 303 g/mol. The average Bonchev–Trinajstić information content (AvgIpc) is 2.60. The van der Waals surface area contributed by atoms with Crippen LogP contribution in [-0.4, -0.2) is 11.1 Å². The molecule has 23 heavy (non-hydrogen) atoms. The van der Waals surface area contributed by atoms with Gasteiger partial charge in [0.15, 0.2) is 0 Å². The lowest BCUT2D eigenvalue weighted by Gasteiger charge is -2.19. The molecule has 3 heteroatoms. The Bertz CT molecular complexity index is 894. The topological polar surface area (TPSA) is 40.5 Å². The Morgan fingerprint density at radius 2 is 1.61 bits per heavy atom. The zero-order valence-corrected chi connectivity index (χ0v) is 12.9. The molecule has 0 fully saturated rings. The van der Waals surface area contributed by atoms with Crippen molar-refractivity contribution in [1.82, 2.24) is 0 Å². The molecule has 0 aromatic heterocycles. The number of nitrogens with zero attached hydrogens (tertiary/aromatic N) is 1. The molecule has 3 rings (SSSR count). The lowest BCUT2D eigenvalue weighted by molar-refractivity contribution is -0.118. The fraction of sp³-hybridized carbons (Fsp3) is 0.0500. The number of benzene rings is 3. The van der Waals surface area contributed by atoms with Gasteiger partial charge in [0.1, 0.15) is 0 Å². The molecule has 0 unspecified atom stereocenters. The second-order valence-corrected chi connectivity index (χ2v) is 5.41. The van der Waals surface area contributed by atoms with Crippen LogP contribution in [0, 0.1) is 6.92 Å². The smallest absolute Gasteiger partial charge is 0.281 e. The Morgan fingerprint density at radius 3 is 2.39 bits per heavy atom. The number of rotatable bonds is 3. The predicted molar refractivity (Wildman–Crippen MR) is 93.4 cm³/mol. The van der Waals surface area contributed by atoms with Crippen LogP contribution >= 0.6 is 0 Å². The van der Waals surface area contributed by atoms with Crippen molar-refractivity contribution in [3.63, 3.8) is 0 Å². The zero-order chi connectivity index (χ0) is 16.4. The van der Waals surface area contributed by atoms with Crippen LogP contribution in [0.15, 0.2) is 73.3 Å². The maximum Gasteiger partial charge on any atom is 0.282 e. The van der Waals surface area contributed by atoms with Gasteiger partial charge >= 0.3 is 0 Å². The highest BCUT2D eigenvalue weighted by Crippen LogP contribution is 2.27. The number of fused-ring (bicyclic) bond motifs is 1. The van der Waals surface area contributed by atoms with Gasteiger partial charge < -0.3 is 0 Å². The molecule has 0 saturated heterocycles. The Kier molecular flexibility index (Phi) is 3.96. The molecule has 0 heterocycles. The van der Waals surface area contributed by atoms with E-state index in [0.29, 0.717) is 10.8 Å². The molecule has 0 bridgehead atoms. The maximum absolute atomic E-state index is 12.6. The zero-order valence-electron chi connectivity index (χ0n) is 12.9. The van der Waals surface area contributed by atoms with Crippen LogP contribution in [-0.2, 0) is 4.79 Å². The first kappa shape index (κ1) is 15.0. The predicted octanol–water partition coefficient (Wildman–Crippen LogP) is 4.58. The van der Waals surface area contributed by atoms with Gasteiger partial charge in [-0.3, -0.25) is 10.0 Å². The van der Waals surface area contributed by atoms with Crippen LogP contribution < -0.4 is 5.06 Å². The number of carbonyl (C=O) groups is 1. The SMILES string of the molecule is C=C(C(=O)N(O)c1ccccc1C)c1cccc2ccccc12. The van der Waals surface area contributed by atoms with Gasteiger partial charge in [0, 0.05) is 5.57 Å². The summed E-state index contributed by atoms with van der Waals surface area (Å²) in [6, 6.07) is 20.7. The minimum absolute atomic E-state index is 0.257. The Morgan fingerprint density at radius 1 is 0.957 bits per heavy atom. The first-order chi connectivity index (χ1) is 11.1. The molecule has 0 radical (unpaired) electrons. The summed E-state index contributed by atoms with van der Waals surface area (Å²) in [6.45, 7) is 5.74. The Hall–Kier alpha value is -2.91. The molecular weight excluding hydrogens is 286 g/mol. The van der Waals surface area contributed by atoms with Crippen molar-refractivity contribution in [2.75, 3.05) is 5.06 Å². The highest BCUT2D eigenvalue weighted by Gasteiger charge is 2.20. The summed E-state index contributed by atoms with van der Waals surface area (Å²) in [5.41, 5.74) is 2.25. The number of hydrogen-bond donors (Lipinski definition) is 1. The highest BCUT2D eigenvalue weighted by molar-refractivity contribution is 6.27. The summed E-state index contributed by atoms with van der Waals surface area (Å²) in [4.78, 5) is 12.6. The van der Waals surface area contributed by atoms with Crippen LogP contribution in [0.2, 0.25) is 0 Å². The molecule has 0 aliphatic rings. The van der Waals surface area contributed by atoms with E-state index in [2.05, 4.69) is 6.58 Å². The summed E-state index contributed by atoms with van der Waals surface area (Å²) in [6.07, 6.45) is 0. The van der Waals surface area contributed by atoms with Crippen LogP contribution in [0.3, 0.4) is 0 Å².